The van der Waals surface area contributed by atoms with E-state index in [0.717, 1.165) is 10.5 Å². The molecule has 8 heteroatoms. The zero-order valence-electron chi connectivity index (χ0n) is 15.5. The number of nitrogens with zero attached hydrogens (tertiary/aromatic N) is 2. The van der Waals surface area contributed by atoms with Gasteiger partial charge in [-0.05, 0) is 48.9 Å². The van der Waals surface area contributed by atoms with Gasteiger partial charge in [0.05, 0.1) is 12.2 Å². The van der Waals surface area contributed by atoms with Crippen molar-refractivity contribution in [1.29, 1.82) is 0 Å². The highest BCUT2D eigenvalue weighted by Gasteiger charge is 2.37. The van der Waals surface area contributed by atoms with Gasteiger partial charge in [-0.2, -0.15) is 0 Å². The summed E-state index contributed by atoms with van der Waals surface area (Å²) >= 11 is 5.95. The lowest BCUT2D eigenvalue weighted by Crippen LogP contribution is -2.32. The summed E-state index contributed by atoms with van der Waals surface area (Å²) < 4.78 is 0. The van der Waals surface area contributed by atoms with Gasteiger partial charge in [0, 0.05) is 22.7 Å². The fourth-order valence-corrected chi connectivity index (χ4v) is 3.17. The van der Waals surface area contributed by atoms with Gasteiger partial charge in [0.2, 0.25) is 5.91 Å². The number of rotatable bonds is 5. The van der Waals surface area contributed by atoms with Gasteiger partial charge < -0.3 is 15.3 Å². The maximum atomic E-state index is 12.8. The summed E-state index contributed by atoms with van der Waals surface area (Å²) in [5, 5.41) is 13.2. The van der Waals surface area contributed by atoms with Crippen LogP contribution in [0.3, 0.4) is 0 Å². The number of carbonyl (C=O) groups is 3. The van der Waals surface area contributed by atoms with Crippen LogP contribution in [0.15, 0.2) is 36.4 Å². The quantitative estimate of drug-likeness (QED) is 0.748. The Morgan fingerprint density at radius 3 is 2.64 bits per heavy atom. The van der Waals surface area contributed by atoms with Crippen LogP contribution in [0, 0.1) is 6.92 Å². The number of imide groups is 1. The highest BCUT2D eigenvalue weighted by Crippen LogP contribution is 2.29. The van der Waals surface area contributed by atoms with Crippen LogP contribution in [0.5, 0.6) is 5.75 Å². The van der Waals surface area contributed by atoms with Crippen LogP contribution < -0.4 is 10.2 Å². The van der Waals surface area contributed by atoms with Crippen molar-refractivity contribution in [1.82, 2.24) is 4.90 Å². The molecule has 2 aromatic carbocycles. The van der Waals surface area contributed by atoms with Crippen molar-refractivity contribution in [3.05, 3.63) is 52.5 Å². The molecule has 146 valence electrons. The van der Waals surface area contributed by atoms with Crippen molar-refractivity contribution in [2.24, 2.45) is 0 Å². The molecule has 1 aliphatic heterocycles. The van der Waals surface area contributed by atoms with Crippen LogP contribution in [0.2, 0.25) is 5.02 Å². The van der Waals surface area contributed by atoms with Crippen molar-refractivity contribution >= 4 is 40.8 Å². The zero-order valence-corrected chi connectivity index (χ0v) is 16.3. The van der Waals surface area contributed by atoms with E-state index >= 15 is 0 Å². The highest BCUT2D eigenvalue weighted by molar-refractivity contribution is 6.30. The Morgan fingerprint density at radius 2 is 1.96 bits per heavy atom. The number of phenolic OH excluding ortho intramolecular Hbond substituents is 1. The third-order valence-electron chi connectivity index (χ3n) is 4.50. The standard InChI is InChI=1S/C20H20ClN3O4/c1-3-18(26)22-16-6-5-15(8-12(16)2)24-19(27)11-23(20(24)28)10-13-9-14(21)4-7-17(13)25/h4-9,25H,3,10-11H2,1-2H3,(H,22,26). The van der Waals surface area contributed by atoms with Gasteiger partial charge in [-0.15, -0.1) is 0 Å². The summed E-state index contributed by atoms with van der Waals surface area (Å²) in [7, 11) is 0. The lowest BCUT2D eigenvalue weighted by atomic mass is 10.1. The number of benzene rings is 2. The molecule has 0 bridgehead atoms. The normalized spacial score (nSPS) is 14.0. The molecule has 0 spiro atoms. The zero-order chi connectivity index (χ0) is 20.4. The van der Waals surface area contributed by atoms with Crippen LogP contribution in [-0.2, 0) is 16.1 Å². The Bertz CT molecular complexity index is 960. The lowest BCUT2D eigenvalue weighted by Gasteiger charge is -2.19. The second kappa shape index (κ2) is 7.90. The minimum atomic E-state index is -0.478. The second-order valence-corrected chi connectivity index (χ2v) is 6.98. The predicted octanol–water partition coefficient (Wildman–Crippen LogP) is 3.67. The van der Waals surface area contributed by atoms with Gasteiger partial charge in [0.25, 0.3) is 5.91 Å². The van der Waals surface area contributed by atoms with Crippen molar-refractivity contribution < 1.29 is 19.5 Å². The van der Waals surface area contributed by atoms with Crippen LogP contribution >= 0.6 is 11.6 Å². The number of carbonyl (C=O) groups excluding carboxylic acids is 3. The second-order valence-electron chi connectivity index (χ2n) is 6.54. The smallest absolute Gasteiger partial charge is 0.332 e. The van der Waals surface area contributed by atoms with Crippen LogP contribution in [0.25, 0.3) is 0 Å². The fourth-order valence-electron chi connectivity index (χ4n) is 2.98. The first-order valence-electron chi connectivity index (χ1n) is 8.80. The van der Waals surface area contributed by atoms with Gasteiger partial charge in [-0.1, -0.05) is 18.5 Å². The van der Waals surface area contributed by atoms with E-state index < -0.39 is 6.03 Å². The van der Waals surface area contributed by atoms with Gasteiger partial charge in [0.15, 0.2) is 0 Å². The van der Waals surface area contributed by atoms with E-state index in [1.165, 1.54) is 11.0 Å². The number of halogens is 1. The van der Waals surface area contributed by atoms with Crippen molar-refractivity contribution in [3.63, 3.8) is 0 Å². The molecular formula is C20H20ClN3O4. The molecule has 1 aliphatic rings. The molecule has 3 rings (SSSR count). The summed E-state index contributed by atoms with van der Waals surface area (Å²) in [4.78, 5) is 39.3. The summed E-state index contributed by atoms with van der Waals surface area (Å²) in [6.45, 7) is 3.52. The van der Waals surface area contributed by atoms with E-state index in [0.29, 0.717) is 28.4 Å². The summed E-state index contributed by atoms with van der Waals surface area (Å²) in [6, 6.07) is 9.05. The Hall–Kier alpha value is -3.06. The van der Waals surface area contributed by atoms with Crippen LogP contribution in [0.1, 0.15) is 24.5 Å². The molecule has 4 amide bonds. The molecule has 0 aliphatic carbocycles. The molecule has 0 unspecified atom stereocenters. The Labute approximate surface area is 167 Å². The first kappa shape index (κ1) is 19.7. The minimum Gasteiger partial charge on any atom is -0.508 e. The fraction of sp³-hybridized carbons (Fsp3) is 0.250. The number of phenols is 1. The van der Waals surface area contributed by atoms with E-state index in [2.05, 4.69) is 5.32 Å². The number of nitrogens with one attached hydrogen (secondary N) is 1. The monoisotopic (exact) mass is 401 g/mol. The Kier molecular flexibility index (Phi) is 5.56. The Morgan fingerprint density at radius 1 is 1.21 bits per heavy atom. The minimum absolute atomic E-state index is 0.00922. The van der Waals surface area contributed by atoms with Gasteiger partial charge in [-0.25, -0.2) is 9.69 Å². The molecule has 7 nitrogen and oxygen atoms in total. The first-order valence-corrected chi connectivity index (χ1v) is 9.17. The van der Waals surface area contributed by atoms with Crippen LogP contribution in [0.4, 0.5) is 16.2 Å². The number of aryl methyl sites for hydroxylation is 1. The number of hydrogen-bond acceptors (Lipinski definition) is 4. The lowest BCUT2D eigenvalue weighted by molar-refractivity contribution is -0.117. The maximum Gasteiger partial charge on any atom is 0.332 e. The number of aromatic hydroxyl groups is 1. The van der Waals surface area contributed by atoms with E-state index in [1.807, 2.05) is 0 Å². The Balaban J connectivity index is 1.81. The average molecular weight is 402 g/mol. The molecule has 2 aromatic rings. The van der Waals surface area contributed by atoms with Crippen molar-refractivity contribution in [3.8, 4) is 5.75 Å². The van der Waals surface area contributed by atoms with Crippen molar-refractivity contribution in [2.75, 3.05) is 16.8 Å². The van der Waals surface area contributed by atoms with E-state index in [1.54, 1.807) is 44.2 Å². The summed E-state index contributed by atoms with van der Waals surface area (Å²) in [5.74, 6) is -0.470. The molecule has 0 aromatic heterocycles. The number of amides is 4. The molecule has 0 saturated carbocycles. The van der Waals surface area contributed by atoms with Crippen molar-refractivity contribution in [2.45, 2.75) is 26.8 Å². The number of hydrogen-bond donors (Lipinski definition) is 2. The van der Waals surface area contributed by atoms with Gasteiger partial charge >= 0.3 is 6.03 Å². The van der Waals surface area contributed by atoms with Gasteiger partial charge in [-0.3, -0.25) is 9.59 Å². The third-order valence-corrected chi connectivity index (χ3v) is 4.74. The molecule has 0 radical (unpaired) electrons. The molecule has 28 heavy (non-hydrogen) atoms. The first-order chi connectivity index (χ1) is 13.3. The summed E-state index contributed by atoms with van der Waals surface area (Å²) in [6.07, 6.45) is 0.357. The number of anilines is 2. The van der Waals surface area contributed by atoms with E-state index in [4.69, 9.17) is 11.6 Å². The largest absolute Gasteiger partial charge is 0.508 e. The molecule has 1 fully saturated rings. The molecule has 1 heterocycles. The number of urea groups is 1. The molecule has 0 atom stereocenters. The van der Waals surface area contributed by atoms with Gasteiger partial charge in [0.1, 0.15) is 12.3 Å². The molecule has 1 saturated heterocycles. The molecular weight excluding hydrogens is 382 g/mol. The molecule has 2 N–H and O–H groups in total. The average Bonchev–Trinajstić information content (AvgIpc) is 2.93. The third kappa shape index (κ3) is 3.94. The maximum absolute atomic E-state index is 12.8. The summed E-state index contributed by atoms with van der Waals surface area (Å²) in [5.41, 5.74) is 2.27. The van der Waals surface area contributed by atoms with E-state index in [9.17, 15) is 19.5 Å². The topological polar surface area (TPSA) is 90.0 Å². The SMILES string of the molecule is CCC(=O)Nc1ccc(N2C(=O)CN(Cc3cc(Cl)ccc3O)C2=O)cc1C. The van der Waals surface area contributed by atoms with E-state index in [-0.39, 0.29) is 30.7 Å². The van der Waals surface area contributed by atoms with Crippen LogP contribution in [-0.4, -0.2) is 34.4 Å². The highest BCUT2D eigenvalue weighted by atomic mass is 35.5. The predicted molar refractivity (Wildman–Crippen MR) is 107 cm³/mol.